The number of nitrogens with zero attached hydrogens (tertiary/aromatic N) is 2. The summed E-state index contributed by atoms with van der Waals surface area (Å²) in [6.07, 6.45) is 0. The molecule has 0 aliphatic rings. The molecule has 15 heavy (non-hydrogen) atoms. The summed E-state index contributed by atoms with van der Waals surface area (Å²) >= 11 is 0. The van der Waals surface area contributed by atoms with Gasteiger partial charge in [0.2, 0.25) is 0 Å². The maximum Gasteiger partial charge on any atom is 0.119 e. The Morgan fingerprint density at radius 2 is 1.93 bits per heavy atom. The topological polar surface area (TPSA) is 27.1 Å². The van der Waals surface area contributed by atoms with Crippen molar-refractivity contribution in [2.75, 3.05) is 7.11 Å². The number of hydrogen-bond acceptors (Lipinski definition) is 2. The van der Waals surface area contributed by atoms with E-state index in [1.165, 1.54) is 0 Å². The third kappa shape index (κ3) is 2.12. The van der Waals surface area contributed by atoms with Gasteiger partial charge in [-0.25, -0.2) is 0 Å². The van der Waals surface area contributed by atoms with Crippen molar-refractivity contribution in [3.05, 3.63) is 23.9 Å². The molecule has 82 valence electrons. The van der Waals surface area contributed by atoms with E-state index >= 15 is 0 Å². The molecule has 0 unspecified atom stereocenters. The van der Waals surface area contributed by atoms with Crippen molar-refractivity contribution in [1.29, 1.82) is 0 Å². The highest BCUT2D eigenvalue weighted by Crippen LogP contribution is 2.22. The molecule has 0 bridgehead atoms. The molecule has 1 aromatic carbocycles. The quantitative estimate of drug-likeness (QED) is 0.717. The first-order valence-electron chi connectivity index (χ1n) is 5.19. The molecule has 0 saturated carbocycles. The first-order chi connectivity index (χ1) is 7.22. The first kappa shape index (κ1) is 11.6. The fourth-order valence-corrected chi connectivity index (χ4v) is 1.43. The molecule has 3 nitrogen and oxygen atoms in total. The smallest absolute Gasteiger partial charge is 0.119 e. The highest BCUT2D eigenvalue weighted by Gasteiger charge is 2.04. The van der Waals surface area contributed by atoms with E-state index in [0.29, 0.717) is 0 Å². The molecule has 0 atom stereocenters. The fraction of sp³-hybridized carbons (Fsp3) is 0.417. The number of benzene rings is 1. The van der Waals surface area contributed by atoms with Gasteiger partial charge in [0.15, 0.2) is 0 Å². The minimum Gasteiger partial charge on any atom is -0.497 e. The molecular weight excluding hydrogens is 188 g/mol. The number of hydrogen-bond donors (Lipinski definition) is 0. The Morgan fingerprint density at radius 1 is 1.27 bits per heavy atom. The number of aryl methyl sites for hydroxylation is 2. The average molecular weight is 206 g/mol. The SMILES string of the molecule is CC.COc1ccc2nn(C)c(C)c2c1. The highest BCUT2D eigenvalue weighted by atomic mass is 16.5. The molecule has 0 aliphatic heterocycles. The Kier molecular flexibility index (Phi) is 3.72. The lowest BCUT2D eigenvalue weighted by Crippen LogP contribution is -1.91. The summed E-state index contributed by atoms with van der Waals surface area (Å²) in [6.45, 7) is 6.05. The van der Waals surface area contributed by atoms with Crippen molar-refractivity contribution in [3.8, 4) is 5.75 Å². The van der Waals surface area contributed by atoms with Crippen LogP contribution in [-0.4, -0.2) is 16.9 Å². The molecule has 0 spiro atoms. The summed E-state index contributed by atoms with van der Waals surface area (Å²) < 4.78 is 7.03. The molecule has 0 aliphatic carbocycles. The minimum atomic E-state index is 0.878. The lowest BCUT2D eigenvalue weighted by atomic mass is 10.2. The van der Waals surface area contributed by atoms with Crippen molar-refractivity contribution in [3.63, 3.8) is 0 Å². The first-order valence-corrected chi connectivity index (χ1v) is 5.19. The van der Waals surface area contributed by atoms with E-state index in [-0.39, 0.29) is 0 Å². The number of fused-ring (bicyclic) bond motifs is 1. The third-order valence-electron chi connectivity index (χ3n) is 2.34. The lowest BCUT2D eigenvalue weighted by molar-refractivity contribution is 0.415. The van der Waals surface area contributed by atoms with Gasteiger partial charge in [0.25, 0.3) is 0 Å². The molecule has 0 fully saturated rings. The van der Waals surface area contributed by atoms with Crippen LogP contribution >= 0.6 is 0 Å². The van der Waals surface area contributed by atoms with E-state index in [2.05, 4.69) is 12.0 Å². The second kappa shape index (κ2) is 4.82. The molecule has 1 aromatic heterocycles. The predicted octanol–water partition coefficient (Wildman–Crippen LogP) is 2.92. The van der Waals surface area contributed by atoms with Crippen LogP contribution in [0.4, 0.5) is 0 Å². The number of aromatic nitrogens is 2. The normalized spacial score (nSPS) is 9.67. The molecule has 2 aromatic rings. The summed E-state index contributed by atoms with van der Waals surface area (Å²) in [5, 5.41) is 5.50. The lowest BCUT2D eigenvalue weighted by Gasteiger charge is -1.98. The van der Waals surface area contributed by atoms with E-state index in [1.807, 2.05) is 43.8 Å². The predicted molar refractivity (Wildman–Crippen MR) is 63.4 cm³/mol. The van der Waals surface area contributed by atoms with Crippen molar-refractivity contribution >= 4 is 10.9 Å². The van der Waals surface area contributed by atoms with Gasteiger partial charge in [-0.15, -0.1) is 0 Å². The third-order valence-corrected chi connectivity index (χ3v) is 2.34. The average Bonchev–Trinajstić information content (AvgIpc) is 2.57. The van der Waals surface area contributed by atoms with Crippen molar-refractivity contribution in [2.24, 2.45) is 7.05 Å². The Labute approximate surface area is 90.7 Å². The fourth-order valence-electron chi connectivity index (χ4n) is 1.43. The maximum absolute atomic E-state index is 5.15. The molecule has 3 heteroatoms. The van der Waals surface area contributed by atoms with E-state index < -0.39 is 0 Å². The highest BCUT2D eigenvalue weighted by molar-refractivity contribution is 5.82. The number of methoxy groups -OCH3 is 1. The molecular formula is C12H18N2O. The van der Waals surface area contributed by atoms with Crippen molar-refractivity contribution in [2.45, 2.75) is 20.8 Å². The standard InChI is InChI=1S/C10H12N2O.C2H6/c1-7-9-6-8(13-3)4-5-10(9)11-12(7)2;1-2/h4-6H,1-3H3;1-2H3. The molecule has 2 rings (SSSR count). The summed E-state index contributed by atoms with van der Waals surface area (Å²) in [5.74, 6) is 0.878. The monoisotopic (exact) mass is 206 g/mol. The van der Waals surface area contributed by atoms with Crippen molar-refractivity contribution in [1.82, 2.24) is 9.78 Å². The van der Waals surface area contributed by atoms with Gasteiger partial charge in [-0.3, -0.25) is 4.68 Å². The second-order valence-corrected chi connectivity index (χ2v) is 3.09. The summed E-state index contributed by atoms with van der Waals surface area (Å²) in [4.78, 5) is 0. The Bertz CT molecular complexity index is 446. The van der Waals surface area contributed by atoms with Gasteiger partial charge in [-0.1, -0.05) is 13.8 Å². The van der Waals surface area contributed by atoms with Gasteiger partial charge in [-0.05, 0) is 25.1 Å². The van der Waals surface area contributed by atoms with Crippen LogP contribution in [0.2, 0.25) is 0 Å². The van der Waals surface area contributed by atoms with Crippen LogP contribution in [0.15, 0.2) is 18.2 Å². The van der Waals surface area contributed by atoms with Crippen LogP contribution in [0.1, 0.15) is 19.5 Å². The second-order valence-electron chi connectivity index (χ2n) is 3.09. The van der Waals surface area contributed by atoms with E-state index in [4.69, 9.17) is 4.74 Å². The summed E-state index contributed by atoms with van der Waals surface area (Å²) in [5.41, 5.74) is 2.18. The van der Waals surface area contributed by atoms with E-state index in [1.54, 1.807) is 7.11 Å². The minimum absolute atomic E-state index is 0.878. The molecule has 1 heterocycles. The maximum atomic E-state index is 5.15. The van der Waals surface area contributed by atoms with Gasteiger partial charge in [0, 0.05) is 18.1 Å². The van der Waals surface area contributed by atoms with Gasteiger partial charge < -0.3 is 4.74 Å². The molecule has 0 radical (unpaired) electrons. The van der Waals surface area contributed by atoms with Crippen LogP contribution in [0.3, 0.4) is 0 Å². The van der Waals surface area contributed by atoms with Crippen LogP contribution in [0, 0.1) is 6.92 Å². The zero-order valence-corrected chi connectivity index (χ0v) is 10.0. The molecule has 0 amide bonds. The molecule has 0 N–H and O–H groups in total. The number of rotatable bonds is 1. The summed E-state index contributed by atoms with van der Waals surface area (Å²) in [6, 6.07) is 5.91. The van der Waals surface area contributed by atoms with Crippen LogP contribution in [0.25, 0.3) is 10.9 Å². The van der Waals surface area contributed by atoms with Gasteiger partial charge >= 0.3 is 0 Å². The Balaban J connectivity index is 0.000000531. The zero-order chi connectivity index (χ0) is 11.4. The Morgan fingerprint density at radius 3 is 2.53 bits per heavy atom. The summed E-state index contributed by atoms with van der Waals surface area (Å²) in [7, 11) is 3.62. The van der Waals surface area contributed by atoms with E-state index in [0.717, 1.165) is 22.3 Å². The van der Waals surface area contributed by atoms with Crippen molar-refractivity contribution < 1.29 is 4.74 Å². The van der Waals surface area contributed by atoms with E-state index in [9.17, 15) is 0 Å². The Hall–Kier alpha value is -1.51. The van der Waals surface area contributed by atoms with Crippen LogP contribution in [0.5, 0.6) is 5.75 Å². The van der Waals surface area contributed by atoms with Crippen LogP contribution in [-0.2, 0) is 7.05 Å². The van der Waals surface area contributed by atoms with Gasteiger partial charge in [0.05, 0.1) is 12.6 Å². The molecule has 0 saturated heterocycles. The zero-order valence-electron chi connectivity index (χ0n) is 10.0. The van der Waals surface area contributed by atoms with Gasteiger partial charge in [0.1, 0.15) is 5.75 Å². The number of ether oxygens (including phenoxy) is 1. The van der Waals surface area contributed by atoms with Gasteiger partial charge in [-0.2, -0.15) is 5.10 Å². The van der Waals surface area contributed by atoms with Crippen LogP contribution < -0.4 is 4.74 Å². The largest absolute Gasteiger partial charge is 0.497 e.